The molecule has 2 heterocycles. The van der Waals surface area contributed by atoms with Crippen LogP contribution in [-0.2, 0) is 0 Å². The summed E-state index contributed by atoms with van der Waals surface area (Å²) in [5.74, 6) is 3.68. The van der Waals surface area contributed by atoms with E-state index >= 15 is 0 Å². The Morgan fingerprint density at radius 3 is 2.52 bits per heavy atom. The van der Waals surface area contributed by atoms with Crippen LogP contribution in [-0.4, -0.2) is 23.9 Å². The van der Waals surface area contributed by atoms with E-state index in [1.54, 1.807) is 5.57 Å². The number of amidine groups is 2. The van der Waals surface area contributed by atoms with Crippen molar-refractivity contribution < 1.29 is 0 Å². The molecule has 0 amide bonds. The minimum atomic E-state index is -0.102. The van der Waals surface area contributed by atoms with Gasteiger partial charge in [0.2, 0.25) is 0 Å². The Labute approximate surface area is 285 Å². The Morgan fingerprint density at radius 2 is 1.71 bits per heavy atom. The van der Waals surface area contributed by atoms with Crippen molar-refractivity contribution in [1.29, 1.82) is 0 Å². The monoisotopic (exact) mass is 630 g/mol. The van der Waals surface area contributed by atoms with Gasteiger partial charge >= 0.3 is 0 Å². The molecule has 6 aliphatic carbocycles. The van der Waals surface area contributed by atoms with Gasteiger partial charge in [-0.2, -0.15) is 0 Å². The third kappa shape index (κ3) is 5.12. The summed E-state index contributed by atoms with van der Waals surface area (Å²) in [5.41, 5.74) is 8.63. The molecular weight excluding hydrogens is 585 g/mol. The molecular formula is C44H46N4. The first-order valence-corrected chi connectivity index (χ1v) is 18.3. The van der Waals surface area contributed by atoms with E-state index in [9.17, 15) is 0 Å². The molecule has 4 heteroatoms. The van der Waals surface area contributed by atoms with Crippen molar-refractivity contribution in [2.45, 2.75) is 70.5 Å². The Hall–Kier alpha value is -4.44. The fourth-order valence-corrected chi connectivity index (χ4v) is 9.39. The summed E-state index contributed by atoms with van der Waals surface area (Å²) >= 11 is 0. The van der Waals surface area contributed by atoms with Crippen LogP contribution >= 0.6 is 0 Å². The van der Waals surface area contributed by atoms with Gasteiger partial charge in [0.15, 0.2) is 6.17 Å². The highest BCUT2D eigenvalue weighted by molar-refractivity contribution is 6.11. The van der Waals surface area contributed by atoms with E-state index in [2.05, 4.69) is 139 Å². The molecule has 8 aliphatic rings. The molecule has 7 atom stereocenters. The lowest BCUT2D eigenvalue weighted by Crippen LogP contribution is -2.43. The van der Waals surface area contributed by atoms with Crippen molar-refractivity contribution in [2.75, 3.05) is 4.90 Å². The van der Waals surface area contributed by atoms with E-state index in [-0.39, 0.29) is 23.5 Å². The molecule has 1 fully saturated rings. The Kier molecular flexibility index (Phi) is 7.56. The standard InChI is InChI=1S/C44H46N4/c1-44-28-12-11-19-39(44)48(36-17-9-4-10-18-36)40-37-29-35(25-22-32(37)26-27-38(40)44)43-46-41(33-15-7-3-8-16-33)45-42(47-43)34-23-20-31(21-24-34)30-13-5-2-6-14-30/h2-5,7-13,15,17-20,23,26-27,29,31,33-34,38,40-41H,6,14,16,21-22,24-25,28H2,1H3,(H,45,46,47). The fraction of sp³-hybridized carbons (Fsp3) is 0.364. The zero-order valence-corrected chi connectivity index (χ0v) is 28.0. The topological polar surface area (TPSA) is 40.0 Å². The molecule has 0 saturated carbocycles. The van der Waals surface area contributed by atoms with E-state index in [0.717, 1.165) is 43.8 Å². The van der Waals surface area contributed by atoms with E-state index in [4.69, 9.17) is 9.98 Å². The summed E-state index contributed by atoms with van der Waals surface area (Å²) < 4.78 is 0. The third-order valence-electron chi connectivity index (χ3n) is 12.1. The smallest absolute Gasteiger partial charge is 0.150 e. The summed E-state index contributed by atoms with van der Waals surface area (Å²) in [4.78, 5) is 13.4. The highest BCUT2D eigenvalue weighted by Crippen LogP contribution is 2.58. The number of hydrogen-bond donors (Lipinski definition) is 1. The highest BCUT2D eigenvalue weighted by atomic mass is 15.2. The molecule has 7 unspecified atom stereocenters. The lowest BCUT2D eigenvalue weighted by Gasteiger charge is -2.37. The number of fused-ring (bicyclic) bond motifs is 4. The van der Waals surface area contributed by atoms with Gasteiger partial charge in [0, 0.05) is 34.6 Å². The summed E-state index contributed by atoms with van der Waals surface area (Å²) in [5, 5.41) is 3.85. The quantitative estimate of drug-likeness (QED) is 0.329. The van der Waals surface area contributed by atoms with Crippen LogP contribution in [0.1, 0.15) is 58.3 Å². The van der Waals surface area contributed by atoms with Crippen LogP contribution in [0.15, 0.2) is 159 Å². The first-order valence-electron chi connectivity index (χ1n) is 18.3. The van der Waals surface area contributed by atoms with Gasteiger partial charge in [0.05, 0.1) is 6.04 Å². The van der Waals surface area contributed by atoms with Crippen molar-refractivity contribution in [3.63, 3.8) is 0 Å². The first kappa shape index (κ1) is 29.7. The molecule has 242 valence electrons. The summed E-state index contributed by atoms with van der Waals surface area (Å²) in [7, 11) is 0. The normalized spacial score (nSPS) is 34.8. The van der Waals surface area contributed by atoms with E-state index in [1.165, 1.54) is 47.4 Å². The molecule has 0 aromatic heterocycles. The molecule has 48 heavy (non-hydrogen) atoms. The number of benzene rings is 1. The zero-order chi connectivity index (χ0) is 32.1. The maximum Gasteiger partial charge on any atom is 0.150 e. The number of nitrogens with one attached hydrogen (secondary N) is 1. The van der Waals surface area contributed by atoms with Crippen LogP contribution in [0.3, 0.4) is 0 Å². The molecule has 1 N–H and O–H groups in total. The molecule has 0 bridgehead atoms. The fourth-order valence-electron chi connectivity index (χ4n) is 9.39. The van der Waals surface area contributed by atoms with Crippen molar-refractivity contribution in [3.8, 4) is 0 Å². The zero-order valence-electron chi connectivity index (χ0n) is 28.0. The summed E-state index contributed by atoms with van der Waals surface area (Å²) in [6, 6.07) is 11.3. The lowest BCUT2D eigenvalue weighted by atomic mass is 9.67. The molecule has 0 radical (unpaired) electrons. The number of nitrogens with zero attached hydrogens (tertiary/aromatic N) is 3. The van der Waals surface area contributed by atoms with E-state index in [1.807, 2.05) is 0 Å². The van der Waals surface area contributed by atoms with Gasteiger partial charge in [0.25, 0.3) is 0 Å². The van der Waals surface area contributed by atoms with Crippen LogP contribution in [0.25, 0.3) is 0 Å². The molecule has 0 spiro atoms. The van der Waals surface area contributed by atoms with Gasteiger partial charge in [-0.1, -0.05) is 110 Å². The molecule has 1 aromatic rings. The lowest BCUT2D eigenvalue weighted by molar-refractivity contribution is 0.319. The number of para-hydroxylation sites is 1. The molecule has 4 nitrogen and oxygen atoms in total. The predicted octanol–water partition coefficient (Wildman–Crippen LogP) is 9.65. The SMILES string of the molecule is CC12CC=CC=C1N(c1ccccc1)C1C3=C(C=CC12)CCC(C1=NC(C2C=CC=CC2)N=C(C2C=CC(C4=CC=CCC4)CC2)N1)=C3. The minimum absolute atomic E-state index is 0.0667. The van der Waals surface area contributed by atoms with Crippen molar-refractivity contribution in [3.05, 3.63) is 149 Å². The predicted molar refractivity (Wildman–Crippen MR) is 200 cm³/mol. The van der Waals surface area contributed by atoms with Gasteiger partial charge in [-0.05, 0) is 98.3 Å². The van der Waals surface area contributed by atoms with Crippen molar-refractivity contribution in [1.82, 2.24) is 5.32 Å². The van der Waals surface area contributed by atoms with Crippen molar-refractivity contribution >= 4 is 17.4 Å². The van der Waals surface area contributed by atoms with Gasteiger partial charge in [-0.25, -0.2) is 9.98 Å². The molecule has 1 aromatic carbocycles. The maximum absolute atomic E-state index is 5.40. The average molecular weight is 631 g/mol. The van der Waals surface area contributed by atoms with Gasteiger partial charge in [0.1, 0.15) is 11.7 Å². The van der Waals surface area contributed by atoms with E-state index < -0.39 is 0 Å². The summed E-state index contributed by atoms with van der Waals surface area (Å²) in [6.45, 7) is 2.47. The Morgan fingerprint density at radius 1 is 0.833 bits per heavy atom. The largest absolute Gasteiger partial charge is 0.336 e. The Bertz CT molecular complexity index is 1850. The average Bonchev–Trinajstić information content (AvgIpc) is 3.44. The molecule has 1 saturated heterocycles. The van der Waals surface area contributed by atoms with Crippen LogP contribution in [0.2, 0.25) is 0 Å². The molecule has 9 rings (SSSR count). The van der Waals surface area contributed by atoms with Gasteiger partial charge in [-0.3, -0.25) is 0 Å². The van der Waals surface area contributed by atoms with Crippen LogP contribution < -0.4 is 10.2 Å². The maximum atomic E-state index is 5.40. The number of allylic oxidation sites excluding steroid dienone is 14. The number of anilines is 1. The number of aliphatic imine (C=N–C) groups is 2. The van der Waals surface area contributed by atoms with Crippen LogP contribution in [0.4, 0.5) is 5.69 Å². The third-order valence-corrected chi connectivity index (χ3v) is 12.1. The van der Waals surface area contributed by atoms with Crippen LogP contribution in [0, 0.1) is 29.1 Å². The minimum Gasteiger partial charge on any atom is -0.336 e. The second-order valence-corrected chi connectivity index (χ2v) is 14.9. The first-order chi connectivity index (χ1) is 23.7. The van der Waals surface area contributed by atoms with E-state index in [0.29, 0.717) is 17.8 Å². The Balaban J connectivity index is 1.06. The number of hydrogen-bond acceptors (Lipinski definition) is 4. The summed E-state index contributed by atoms with van der Waals surface area (Å²) in [6.07, 6.45) is 43.8. The number of rotatable bonds is 5. The highest BCUT2D eigenvalue weighted by Gasteiger charge is 2.54. The molecule has 2 aliphatic heterocycles. The van der Waals surface area contributed by atoms with Crippen molar-refractivity contribution in [2.24, 2.45) is 39.1 Å². The second-order valence-electron chi connectivity index (χ2n) is 14.9. The second kappa shape index (κ2) is 12.2. The van der Waals surface area contributed by atoms with Crippen LogP contribution in [0.5, 0.6) is 0 Å². The van der Waals surface area contributed by atoms with Gasteiger partial charge < -0.3 is 10.2 Å². The van der Waals surface area contributed by atoms with Gasteiger partial charge in [-0.15, -0.1) is 0 Å².